The fourth-order valence-electron chi connectivity index (χ4n) is 4.11. The van der Waals surface area contributed by atoms with Gasteiger partial charge in [-0.2, -0.15) is 0 Å². The molecule has 0 unspecified atom stereocenters. The third-order valence-corrected chi connectivity index (χ3v) is 5.44. The predicted molar refractivity (Wildman–Crippen MR) is 107 cm³/mol. The summed E-state index contributed by atoms with van der Waals surface area (Å²) in [7, 11) is 0. The standard InChI is InChI=1S/C24H21NO2/c1-23(2)15-27-22(25-23)16-11-13-17(14-12-16)24(26)20-9-5-3-7-18(20)19-8-4-6-10-21(19)24/h3-14,26H,15H2,1-2H3. The summed E-state index contributed by atoms with van der Waals surface area (Å²) in [6, 6.07) is 24.1. The SMILES string of the molecule is CC1(C)COC(c2ccc(C3(O)c4ccccc4-c4ccccc43)cc2)=N1. The molecule has 5 rings (SSSR count). The molecule has 0 fully saturated rings. The Morgan fingerprint density at radius 1 is 0.815 bits per heavy atom. The summed E-state index contributed by atoms with van der Waals surface area (Å²) in [5.41, 5.74) is 4.48. The molecule has 0 saturated carbocycles. The quantitative estimate of drug-likeness (QED) is 0.735. The van der Waals surface area contributed by atoms with Gasteiger partial charge < -0.3 is 9.84 Å². The van der Waals surface area contributed by atoms with Gasteiger partial charge in [-0.15, -0.1) is 0 Å². The van der Waals surface area contributed by atoms with Crippen LogP contribution in [-0.4, -0.2) is 23.2 Å². The third-order valence-electron chi connectivity index (χ3n) is 5.44. The Bertz CT molecular complexity index is 1020. The molecule has 1 heterocycles. The van der Waals surface area contributed by atoms with Gasteiger partial charge in [-0.25, -0.2) is 4.99 Å². The third kappa shape index (κ3) is 2.35. The first-order valence-electron chi connectivity index (χ1n) is 9.24. The molecule has 1 N–H and O–H groups in total. The molecular formula is C24H21NO2. The van der Waals surface area contributed by atoms with Gasteiger partial charge in [0.2, 0.25) is 5.90 Å². The minimum atomic E-state index is -1.15. The average molecular weight is 355 g/mol. The first-order valence-corrected chi connectivity index (χ1v) is 9.24. The maximum atomic E-state index is 11.8. The Balaban J connectivity index is 1.62. The minimum Gasteiger partial charge on any atom is -0.475 e. The lowest BCUT2D eigenvalue weighted by atomic mass is 9.84. The maximum Gasteiger partial charge on any atom is 0.216 e. The second kappa shape index (κ2) is 5.54. The van der Waals surface area contributed by atoms with Gasteiger partial charge in [-0.3, -0.25) is 0 Å². The molecule has 0 amide bonds. The molecule has 0 atom stereocenters. The molecule has 134 valence electrons. The van der Waals surface area contributed by atoms with Crippen LogP contribution < -0.4 is 0 Å². The van der Waals surface area contributed by atoms with E-state index in [9.17, 15) is 5.11 Å². The number of rotatable bonds is 2. The van der Waals surface area contributed by atoms with Crippen molar-refractivity contribution in [3.63, 3.8) is 0 Å². The maximum absolute atomic E-state index is 11.8. The highest BCUT2D eigenvalue weighted by molar-refractivity contribution is 5.95. The Labute approximate surface area is 159 Å². The smallest absolute Gasteiger partial charge is 0.216 e. The van der Waals surface area contributed by atoms with Gasteiger partial charge in [0, 0.05) is 16.7 Å². The summed E-state index contributed by atoms with van der Waals surface area (Å²) in [4.78, 5) is 4.64. The van der Waals surface area contributed by atoms with Crippen molar-refractivity contribution in [3.05, 3.63) is 95.1 Å². The molecule has 3 aromatic rings. The van der Waals surface area contributed by atoms with Crippen LogP contribution in [0.15, 0.2) is 77.8 Å². The largest absolute Gasteiger partial charge is 0.475 e. The second-order valence-corrected chi connectivity index (χ2v) is 7.90. The Kier molecular flexibility index (Phi) is 3.34. The van der Waals surface area contributed by atoms with Crippen LogP contribution in [0.4, 0.5) is 0 Å². The van der Waals surface area contributed by atoms with E-state index in [1.54, 1.807) is 0 Å². The van der Waals surface area contributed by atoms with E-state index < -0.39 is 5.60 Å². The zero-order valence-corrected chi connectivity index (χ0v) is 15.4. The number of benzene rings is 3. The molecule has 1 aliphatic heterocycles. The second-order valence-electron chi connectivity index (χ2n) is 7.90. The zero-order valence-electron chi connectivity index (χ0n) is 15.4. The lowest BCUT2D eigenvalue weighted by molar-refractivity contribution is 0.130. The van der Waals surface area contributed by atoms with E-state index in [1.165, 1.54) is 0 Å². The molecule has 3 nitrogen and oxygen atoms in total. The Morgan fingerprint density at radius 2 is 1.37 bits per heavy atom. The minimum absolute atomic E-state index is 0.185. The number of hydrogen-bond acceptors (Lipinski definition) is 3. The number of aliphatic hydroxyl groups is 1. The molecule has 3 heteroatoms. The first-order chi connectivity index (χ1) is 13.0. The summed E-state index contributed by atoms with van der Waals surface area (Å²) in [5.74, 6) is 0.672. The van der Waals surface area contributed by atoms with Gasteiger partial charge in [-0.1, -0.05) is 60.7 Å². The van der Waals surface area contributed by atoms with Crippen molar-refractivity contribution in [2.75, 3.05) is 6.61 Å². The van der Waals surface area contributed by atoms with Crippen LogP contribution in [0.5, 0.6) is 0 Å². The molecule has 2 aliphatic rings. The van der Waals surface area contributed by atoms with Crippen molar-refractivity contribution in [1.29, 1.82) is 0 Å². The van der Waals surface area contributed by atoms with E-state index in [-0.39, 0.29) is 5.54 Å². The summed E-state index contributed by atoms with van der Waals surface area (Å²) in [6.07, 6.45) is 0. The highest BCUT2D eigenvalue weighted by Crippen LogP contribution is 2.50. The molecule has 0 radical (unpaired) electrons. The van der Waals surface area contributed by atoms with Crippen molar-refractivity contribution in [2.24, 2.45) is 4.99 Å². The van der Waals surface area contributed by atoms with E-state index in [4.69, 9.17) is 4.74 Å². The average Bonchev–Trinajstić information content (AvgIpc) is 3.19. The lowest BCUT2D eigenvalue weighted by Crippen LogP contribution is -2.26. The van der Waals surface area contributed by atoms with Crippen LogP contribution in [0.3, 0.4) is 0 Å². The van der Waals surface area contributed by atoms with Crippen LogP contribution in [0.2, 0.25) is 0 Å². The van der Waals surface area contributed by atoms with Crippen molar-refractivity contribution in [2.45, 2.75) is 25.0 Å². The van der Waals surface area contributed by atoms with Crippen LogP contribution >= 0.6 is 0 Å². The van der Waals surface area contributed by atoms with E-state index in [1.807, 2.05) is 60.7 Å². The fraction of sp³-hybridized carbons (Fsp3) is 0.208. The van der Waals surface area contributed by atoms with Gasteiger partial charge >= 0.3 is 0 Å². The van der Waals surface area contributed by atoms with Gasteiger partial charge in [0.25, 0.3) is 0 Å². The van der Waals surface area contributed by atoms with Crippen molar-refractivity contribution in [1.82, 2.24) is 0 Å². The predicted octanol–water partition coefficient (Wildman–Crippen LogP) is 4.51. The summed E-state index contributed by atoms with van der Waals surface area (Å²) < 4.78 is 5.74. The highest BCUT2D eigenvalue weighted by Gasteiger charge is 2.42. The molecule has 27 heavy (non-hydrogen) atoms. The monoisotopic (exact) mass is 355 g/mol. The normalized spacial score (nSPS) is 18.4. The first kappa shape index (κ1) is 16.3. The summed E-state index contributed by atoms with van der Waals surface area (Å²) in [5, 5.41) is 11.8. The molecule has 0 spiro atoms. The molecule has 3 aromatic carbocycles. The van der Waals surface area contributed by atoms with Gasteiger partial charge in [0.15, 0.2) is 0 Å². The van der Waals surface area contributed by atoms with Crippen LogP contribution in [0.1, 0.15) is 36.1 Å². The number of nitrogens with zero attached hydrogens (tertiary/aromatic N) is 1. The van der Waals surface area contributed by atoms with Crippen LogP contribution in [0.25, 0.3) is 11.1 Å². The Hall–Kier alpha value is -2.91. The van der Waals surface area contributed by atoms with Gasteiger partial charge in [-0.05, 0) is 42.7 Å². The van der Waals surface area contributed by atoms with Crippen LogP contribution in [0, 0.1) is 0 Å². The topological polar surface area (TPSA) is 41.8 Å². The zero-order chi connectivity index (χ0) is 18.6. The summed E-state index contributed by atoms with van der Waals surface area (Å²) >= 11 is 0. The summed E-state index contributed by atoms with van der Waals surface area (Å²) in [6.45, 7) is 4.71. The Morgan fingerprint density at radius 3 is 1.89 bits per heavy atom. The van der Waals surface area contributed by atoms with E-state index in [2.05, 4.69) is 31.0 Å². The molecule has 0 saturated heterocycles. The highest BCUT2D eigenvalue weighted by atomic mass is 16.5. The van der Waals surface area contributed by atoms with Crippen LogP contribution in [-0.2, 0) is 10.3 Å². The van der Waals surface area contributed by atoms with E-state index >= 15 is 0 Å². The number of hydrogen-bond donors (Lipinski definition) is 1. The lowest BCUT2D eigenvalue weighted by Gasteiger charge is -2.26. The van der Waals surface area contributed by atoms with Crippen molar-refractivity contribution >= 4 is 5.90 Å². The van der Waals surface area contributed by atoms with E-state index in [0.717, 1.165) is 33.4 Å². The number of aliphatic imine (C=N–C) groups is 1. The molecule has 1 aliphatic carbocycles. The molecular weight excluding hydrogens is 334 g/mol. The number of ether oxygens (including phenoxy) is 1. The fourth-order valence-corrected chi connectivity index (χ4v) is 4.11. The molecule has 0 bridgehead atoms. The van der Waals surface area contributed by atoms with E-state index in [0.29, 0.717) is 12.5 Å². The number of fused-ring (bicyclic) bond motifs is 3. The van der Waals surface area contributed by atoms with Crippen molar-refractivity contribution < 1.29 is 9.84 Å². The van der Waals surface area contributed by atoms with Crippen molar-refractivity contribution in [3.8, 4) is 11.1 Å². The van der Waals surface area contributed by atoms with Gasteiger partial charge in [0.1, 0.15) is 12.2 Å². The van der Waals surface area contributed by atoms with Gasteiger partial charge in [0.05, 0.1) is 5.54 Å². The molecule has 0 aromatic heterocycles.